The summed E-state index contributed by atoms with van der Waals surface area (Å²) >= 11 is 0. The Balaban J connectivity index is 2.84. The van der Waals surface area contributed by atoms with Crippen molar-refractivity contribution in [2.24, 2.45) is 5.92 Å². The van der Waals surface area contributed by atoms with Crippen LogP contribution in [0.5, 0.6) is 0 Å². The lowest BCUT2D eigenvalue weighted by atomic mass is 9.82. The number of amides is 1. The first-order chi connectivity index (χ1) is 8.37. The molecular formula is C12H20F3NO3. The van der Waals surface area contributed by atoms with Gasteiger partial charge < -0.3 is 14.7 Å². The molecule has 1 saturated heterocycles. The Morgan fingerprint density at radius 1 is 1.37 bits per heavy atom. The number of alkyl halides is 3. The van der Waals surface area contributed by atoms with E-state index in [-0.39, 0.29) is 13.0 Å². The molecule has 0 radical (unpaired) electrons. The van der Waals surface area contributed by atoms with Gasteiger partial charge in [-0.15, -0.1) is 0 Å². The lowest BCUT2D eigenvalue weighted by Crippen LogP contribution is -2.62. The first kappa shape index (κ1) is 16.1. The average Bonchev–Trinajstić information content (AvgIpc) is 2.17. The zero-order valence-electron chi connectivity index (χ0n) is 11.5. The van der Waals surface area contributed by atoms with Crippen molar-refractivity contribution in [2.75, 3.05) is 13.1 Å². The van der Waals surface area contributed by atoms with Gasteiger partial charge in [0.2, 0.25) is 0 Å². The normalized spacial score (nSPS) is 29.3. The smallest absolute Gasteiger partial charge is 0.419 e. The molecule has 4 nitrogen and oxygen atoms in total. The molecule has 1 heterocycles. The predicted octanol–water partition coefficient (Wildman–Crippen LogP) is 2.56. The number of likely N-dealkylation sites (tertiary alicyclic amines) is 1. The Hall–Kier alpha value is -0.980. The van der Waals surface area contributed by atoms with Crippen LogP contribution < -0.4 is 0 Å². The summed E-state index contributed by atoms with van der Waals surface area (Å²) in [5, 5.41) is 9.82. The summed E-state index contributed by atoms with van der Waals surface area (Å²) in [6, 6.07) is 0. The number of nitrogens with zero attached hydrogens (tertiary/aromatic N) is 1. The van der Waals surface area contributed by atoms with Gasteiger partial charge in [0.25, 0.3) is 0 Å². The molecule has 0 saturated carbocycles. The first-order valence-corrected chi connectivity index (χ1v) is 6.14. The van der Waals surface area contributed by atoms with Gasteiger partial charge in [-0.05, 0) is 33.1 Å². The van der Waals surface area contributed by atoms with Gasteiger partial charge in [-0.3, -0.25) is 0 Å². The van der Waals surface area contributed by atoms with Crippen LogP contribution in [0, 0.1) is 5.92 Å². The van der Waals surface area contributed by atoms with Crippen LogP contribution in [-0.4, -0.2) is 46.6 Å². The lowest BCUT2D eigenvalue weighted by Gasteiger charge is -2.44. The molecule has 1 fully saturated rings. The van der Waals surface area contributed by atoms with Crippen molar-refractivity contribution in [2.45, 2.75) is 51.5 Å². The van der Waals surface area contributed by atoms with Gasteiger partial charge in [-0.2, -0.15) is 13.2 Å². The predicted molar refractivity (Wildman–Crippen MR) is 62.6 cm³/mol. The minimum atomic E-state index is -4.77. The van der Waals surface area contributed by atoms with Crippen molar-refractivity contribution in [3.8, 4) is 0 Å². The number of hydrogen-bond acceptors (Lipinski definition) is 3. The molecule has 1 aliphatic heterocycles. The average molecular weight is 283 g/mol. The largest absolute Gasteiger partial charge is 0.444 e. The van der Waals surface area contributed by atoms with E-state index in [9.17, 15) is 23.1 Å². The van der Waals surface area contributed by atoms with E-state index in [2.05, 4.69) is 0 Å². The summed E-state index contributed by atoms with van der Waals surface area (Å²) in [5.74, 6) is -0.953. The van der Waals surface area contributed by atoms with Crippen molar-refractivity contribution in [3.05, 3.63) is 0 Å². The Bertz CT molecular complexity index is 351. The topological polar surface area (TPSA) is 49.8 Å². The maximum absolute atomic E-state index is 12.9. The molecule has 1 amide bonds. The molecular weight excluding hydrogens is 263 g/mol. The first-order valence-electron chi connectivity index (χ1n) is 6.14. The number of β-amino-alcohol motifs (C(OH)–C–C–N with tert-alkyl or cyclic N) is 1. The molecule has 0 bridgehead atoms. The van der Waals surface area contributed by atoms with Crippen molar-refractivity contribution in [3.63, 3.8) is 0 Å². The fourth-order valence-corrected chi connectivity index (χ4v) is 1.97. The number of rotatable bonds is 0. The maximum Gasteiger partial charge on any atom is 0.419 e. The number of ether oxygens (including phenoxy) is 1. The van der Waals surface area contributed by atoms with Crippen LogP contribution in [0.25, 0.3) is 0 Å². The second kappa shape index (κ2) is 4.85. The van der Waals surface area contributed by atoms with Gasteiger partial charge in [-0.1, -0.05) is 6.92 Å². The Kier molecular flexibility index (Phi) is 4.10. The molecule has 19 heavy (non-hydrogen) atoms. The van der Waals surface area contributed by atoms with E-state index in [4.69, 9.17) is 4.74 Å². The maximum atomic E-state index is 12.9. The SMILES string of the molecule is C[C@H]1CCN(C(=O)OC(C)(C)C)C[C@@]1(O)C(F)(F)F. The van der Waals surface area contributed by atoms with Crippen LogP contribution in [0.4, 0.5) is 18.0 Å². The molecule has 0 aromatic heterocycles. The van der Waals surface area contributed by atoms with Crippen molar-refractivity contribution < 1.29 is 27.8 Å². The lowest BCUT2D eigenvalue weighted by molar-refractivity contribution is -0.288. The molecule has 2 atom stereocenters. The van der Waals surface area contributed by atoms with E-state index < -0.39 is 35.9 Å². The van der Waals surface area contributed by atoms with Gasteiger partial charge in [-0.25, -0.2) is 4.79 Å². The van der Waals surface area contributed by atoms with Crippen LogP contribution in [0.1, 0.15) is 34.1 Å². The fourth-order valence-electron chi connectivity index (χ4n) is 1.97. The summed E-state index contributed by atoms with van der Waals surface area (Å²) in [6.07, 6.45) is -5.52. The van der Waals surface area contributed by atoms with Crippen molar-refractivity contribution in [1.29, 1.82) is 0 Å². The number of hydrogen-bond donors (Lipinski definition) is 1. The molecule has 0 unspecified atom stereocenters. The summed E-state index contributed by atoms with van der Waals surface area (Å²) < 4.78 is 43.8. The molecule has 1 rings (SSSR count). The van der Waals surface area contributed by atoms with E-state index in [0.717, 1.165) is 4.90 Å². The second-order valence-electron chi connectivity index (χ2n) is 6.01. The summed E-state index contributed by atoms with van der Waals surface area (Å²) in [4.78, 5) is 12.7. The van der Waals surface area contributed by atoms with Crippen LogP contribution in [0.2, 0.25) is 0 Å². The standard InChI is InChI=1S/C12H20F3NO3/c1-8-5-6-16(9(17)19-10(2,3)4)7-11(8,18)12(13,14)15/h8,18H,5-7H2,1-4H3/t8-,11-/m0/s1. The second-order valence-corrected chi connectivity index (χ2v) is 6.01. The molecule has 112 valence electrons. The number of piperidine rings is 1. The molecule has 7 heteroatoms. The van der Waals surface area contributed by atoms with E-state index in [1.165, 1.54) is 6.92 Å². The van der Waals surface area contributed by atoms with Gasteiger partial charge in [0.05, 0.1) is 6.54 Å². The van der Waals surface area contributed by atoms with Crippen LogP contribution in [0.3, 0.4) is 0 Å². The zero-order valence-corrected chi connectivity index (χ0v) is 11.5. The molecule has 0 aromatic carbocycles. The molecule has 1 aliphatic rings. The summed E-state index contributed by atoms with van der Waals surface area (Å²) in [7, 11) is 0. The monoisotopic (exact) mass is 283 g/mol. The molecule has 0 aliphatic carbocycles. The highest BCUT2D eigenvalue weighted by atomic mass is 19.4. The summed E-state index contributed by atoms with van der Waals surface area (Å²) in [6.45, 7) is 5.59. The zero-order chi connectivity index (χ0) is 15.1. The van der Waals surface area contributed by atoms with Crippen LogP contribution in [0.15, 0.2) is 0 Å². The number of halogens is 3. The molecule has 0 spiro atoms. The van der Waals surface area contributed by atoms with Crippen LogP contribution >= 0.6 is 0 Å². The third-order valence-corrected chi connectivity index (χ3v) is 3.22. The van der Waals surface area contributed by atoms with Gasteiger partial charge in [0.1, 0.15) is 5.60 Å². The van der Waals surface area contributed by atoms with Gasteiger partial charge >= 0.3 is 12.3 Å². The van der Waals surface area contributed by atoms with Crippen molar-refractivity contribution in [1.82, 2.24) is 4.90 Å². The molecule has 1 N–H and O–H groups in total. The van der Waals surface area contributed by atoms with E-state index in [1.54, 1.807) is 20.8 Å². The van der Waals surface area contributed by atoms with Gasteiger partial charge in [0, 0.05) is 6.54 Å². The quantitative estimate of drug-likeness (QED) is 0.743. The van der Waals surface area contributed by atoms with E-state index in [1.807, 2.05) is 0 Å². The number of aliphatic hydroxyl groups is 1. The van der Waals surface area contributed by atoms with Crippen molar-refractivity contribution >= 4 is 6.09 Å². The Morgan fingerprint density at radius 2 is 1.89 bits per heavy atom. The summed E-state index contributed by atoms with van der Waals surface area (Å²) in [5.41, 5.74) is -3.65. The Labute approximate surface area is 110 Å². The Morgan fingerprint density at radius 3 is 2.32 bits per heavy atom. The van der Waals surface area contributed by atoms with E-state index >= 15 is 0 Å². The minimum Gasteiger partial charge on any atom is -0.444 e. The number of carbonyl (C=O) groups excluding carboxylic acids is 1. The van der Waals surface area contributed by atoms with Gasteiger partial charge in [0.15, 0.2) is 5.60 Å². The third kappa shape index (κ3) is 3.52. The minimum absolute atomic E-state index is 0.0786. The third-order valence-electron chi connectivity index (χ3n) is 3.22. The molecule has 0 aromatic rings. The highest BCUT2D eigenvalue weighted by molar-refractivity contribution is 5.68. The van der Waals surface area contributed by atoms with Crippen LogP contribution in [-0.2, 0) is 4.74 Å². The highest BCUT2D eigenvalue weighted by Gasteiger charge is 2.59. The fraction of sp³-hybridized carbons (Fsp3) is 0.917. The van der Waals surface area contributed by atoms with E-state index in [0.29, 0.717) is 0 Å². The highest BCUT2D eigenvalue weighted by Crippen LogP contribution is 2.41. The number of carbonyl (C=O) groups is 1.